The third-order valence-corrected chi connectivity index (χ3v) is 3.20. The van der Waals surface area contributed by atoms with Crippen molar-refractivity contribution in [2.75, 3.05) is 20.2 Å². The van der Waals surface area contributed by atoms with Crippen molar-refractivity contribution in [1.29, 1.82) is 0 Å². The summed E-state index contributed by atoms with van der Waals surface area (Å²) < 4.78 is 0. The molecule has 88 valence electrons. The molecule has 0 saturated heterocycles. The Bertz CT molecular complexity index is 233. The molecule has 0 unspecified atom stereocenters. The van der Waals surface area contributed by atoms with Gasteiger partial charge >= 0.3 is 0 Å². The van der Waals surface area contributed by atoms with E-state index in [0.717, 1.165) is 0 Å². The lowest BCUT2D eigenvalue weighted by atomic mass is 10.0. The highest BCUT2D eigenvalue weighted by atomic mass is 16.3. The van der Waals surface area contributed by atoms with Crippen LogP contribution in [0.5, 0.6) is 0 Å². The van der Waals surface area contributed by atoms with E-state index in [1.165, 1.54) is 11.8 Å². The van der Waals surface area contributed by atoms with Crippen molar-refractivity contribution in [2.45, 2.75) is 25.6 Å². The van der Waals surface area contributed by atoms with Crippen LogP contribution in [-0.2, 0) is 4.79 Å². The van der Waals surface area contributed by atoms with E-state index < -0.39 is 12.2 Å². The van der Waals surface area contributed by atoms with Crippen molar-refractivity contribution in [3.05, 3.63) is 0 Å². The Balaban J connectivity index is 2.54. The molecule has 1 aliphatic rings. The van der Waals surface area contributed by atoms with Crippen molar-refractivity contribution in [1.82, 2.24) is 4.90 Å². The summed E-state index contributed by atoms with van der Waals surface area (Å²) in [5.74, 6) is -0.486. The maximum absolute atomic E-state index is 11.0. The second-order valence-corrected chi connectivity index (χ2v) is 4.32. The predicted octanol–water partition coefficient (Wildman–Crippen LogP) is -1.19. The van der Waals surface area contributed by atoms with Gasteiger partial charge in [-0.25, -0.2) is 0 Å². The van der Waals surface area contributed by atoms with Gasteiger partial charge in [-0.1, -0.05) is 0 Å². The molecule has 0 aromatic carbocycles. The lowest BCUT2D eigenvalue weighted by Crippen LogP contribution is -2.36. The Kier molecular flexibility index (Phi) is 4.07. The predicted molar refractivity (Wildman–Crippen MR) is 54.0 cm³/mol. The summed E-state index contributed by atoms with van der Waals surface area (Å²) in [6, 6.07) is 0. The molecule has 0 bridgehead atoms. The zero-order valence-electron chi connectivity index (χ0n) is 9.13. The molecule has 5 heteroatoms. The fraction of sp³-hybridized carbons (Fsp3) is 0.900. The Morgan fingerprint density at radius 3 is 2.27 bits per heavy atom. The fourth-order valence-electron chi connectivity index (χ4n) is 2.07. The standard InChI is InChI=1S/C10H19NO4/c1-6(13)11(2)4-7-3-8(5-12)10(15)9(7)14/h7-10,12,14-15H,3-5H2,1-2H3/t7-,8-,9-,10-/m1/s1. The van der Waals surface area contributed by atoms with Gasteiger partial charge in [-0.05, 0) is 6.42 Å². The van der Waals surface area contributed by atoms with Crippen LogP contribution in [0.25, 0.3) is 0 Å². The van der Waals surface area contributed by atoms with Gasteiger partial charge in [-0.2, -0.15) is 0 Å². The molecular weight excluding hydrogens is 198 g/mol. The molecule has 0 aromatic heterocycles. The van der Waals surface area contributed by atoms with Gasteiger partial charge in [0.1, 0.15) is 0 Å². The molecule has 1 fully saturated rings. The second-order valence-electron chi connectivity index (χ2n) is 4.32. The third kappa shape index (κ3) is 2.68. The Morgan fingerprint density at radius 2 is 1.87 bits per heavy atom. The van der Waals surface area contributed by atoms with E-state index in [9.17, 15) is 15.0 Å². The number of aliphatic hydroxyl groups excluding tert-OH is 3. The SMILES string of the molecule is CC(=O)N(C)C[C@H]1C[C@H](CO)[C@@H](O)[C@@H]1O. The molecule has 1 rings (SSSR count). The maximum Gasteiger partial charge on any atom is 0.219 e. The number of aliphatic hydroxyl groups is 3. The minimum absolute atomic E-state index is 0.0656. The molecular formula is C10H19NO4. The van der Waals surface area contributed by atoms with Crippen LogP contribution in [0.2, 0.25) is 0 Å². The highest BCUT2D eigenvalue weighted by molar-refractivity contribution is 5.72. The monoisotopic (exact) mass is 217 g/mol. The normalized spacial score (nSPS) is 35.5. The zero-order valence-corrected chi connectivity index (χ0v) is 9.13. The molecule has 5 nitrogen and oxygen atoms in total. The number of nitrogens with zero attached hydrogens (tertiary/aromatic N) is 1. The number of amides is 1. The smallest absolute Gasteiger partial charge is 0.219 e. The highest BCUT2D eigenvalue weighted by Gasteiger charge is 2.41. The molecule has 1 aliphatic carbocycles. The first kappa shape index (κ1) is 12.4. The minimum Gasteiger partial charge on any atom is -0.396 e. The summed E-state index contributed by atoms with van der Waals surface area (Å²) in [5, 5.41) is 28.2. The molecule has 0 aliphatic heterocycles. The van der Waals surface area contributed by atoms with Gasteiger partial charge < -0.3 is 20.2 Å². The van der Waals surface area contributed by atoms with E-state index in [1.807, 2.05) is 0 Å². The number of rotatable bonds is 3. The topological polar surface area (TPSA) is 81.0 Å². The first-order valence-corrected chi connectivity index (χ1v) is 5.16. The lowest BCUT2D eigenvalue weighted by Gasteiger charge is -2.22. The first-order chi connectivity index (χ1) is 6.97. The van der Waals surface area contributed by atoms with Crippen molar-refractivity contribution in [2.24, 2.45) is 11.8 Å². The molecule has 3 N–H and O–H groups in total. The van der Waals surface area contributed by atoms with E-state index in [-0.39, 0.29) is 24.3 Å². The Hall–Kier alpha value is -0.650. The molecule has 1 amide bonds. The van der Waals surface area contributed by atoms with Gasteiger partial charge in [0.15, 0.2) is 0 Å². The van der Waals surface area contributed by atoms with Crippen LogP contribution in [0, 0.1) is 11.8 Å². The second kappa shape index (κ2) is 4.92. The molecule has 0 aromatic rings. The van der Waals surface area contributed by atoms with E-state index in [1.54, 1.807) is 7.05 Å². The van der Waals surface area contributed by atoms with Gasteiger partial charge in [0, 0.05) is 39.0 Å². The quantitative estimate of drug-likeness (QED) is 0.555. The zero-order chi connectivity index (χ0) is 11.6. The van der Waals surface area contributed by atoms with Crippen molar-refractivity contribution in [3.8, 4) is 0 Å². The molecule has 0 radical (unpaired) electrons. The third-order valence-electron chi connectivity index (χ3n) is 3.20. The molecule has 1 saturated carbocycles. The van der Waals surface area contributed by atoms with Crippen LogP contribution >= 0.6 is 0 Å². The van der Waals surface area contributed by atoms with Crippen LogP contribution in [0.3, 0.4) is 0 Å². The van der Waals surface area contributed by atoms with Gasteiger partial charge in [0.25, 0.3) is 0 Å². The Morgan fingerprint density at radius 1 is 1.33 bits per heavy atom. The van der Waals surface area contributed by atoms with E-state index in [2.05, 4.69) is 0 Å². The maximum atomic E-state index is 11.0. The molecule has 0 heterocycles. The molecule has 15 heavy (non-hydrogen) atoms. The molecule has 0 spiro atoms. The minimum atomic E-state index is -0.875. The number of hydrogen-bond donors (Lipinski definition) is 3. The summed E-state index contributed by atoms with van der Waals surface area (Å²) in [4.78, 5) is 12.5. The number of carbonyl (C=O) groups excluding carboxylic acids is 1. The average molecular weight is 217 g/mol. The Labute approximate surface area is 89.3 Å². The molecule has 4 atom stereocenters. The summed E-state index contributed by atoms with van der Waals surface area (Å²) in [5.41, 5.74) is 0. The first-order valence-electron chi connectivity index (χ1n) is 5.16. The summed E-state index contributed by atoms with van der Waals surface area (Å²) >= 11 is 0. The van der Waals surface area contributed by atoms with Crippen LogP contribution in [0.4, 0.5) is 0 Å². The lowest BCUT2D eigenvalue weighted by molar-refractivity contribution is -0.128. The van der Waals surface area contributed by atoms with Gasteiger partial charge in [-0.15, -0.1) is 0 Å². The van der Waals surface area contributed by atoms with Crippen molar-refractivity contribution < 1.29 is 20.1 Å². The van der Waals surface area contributed by atoms with Crippen molar-refractivity contribution in [3.63, 3.8) is 0 Å². The number of carbonyl (C=O) groups is 1. The summed E-state index contributed by atoms with van der Waals surface area (Å²) in [7, 11) is 1.66. The van der Waals surface area contributed by atoms with Gasteiger partial charge in [0.05, 0.1) is 12.2 Å². The summed E-state index contributed by atoms with van der Waals surface area (Å²) in [6.07, 6.45) is -1.17. The van der Waals surface area contributed by atoms with Gasteiger partial charge in [-0.3, -0.25) is 4.79 Å². The fourth-order valence-corrected chi connectivity index (χ4v) is 2.07. The highest BCUT2D eigenvalue weighted by Crippen LogP contribution is 2.31. The van der Waals surface area contributed by atoms with E-state index in [4.69, 9.17) is 5.11 Å². The van der Waals surface area contributed by atoms with Crippen LogP contribution in [-0.4, -0.2) is 58.5 Å². The van der Waals surface area contributed by atoms with E-state index >= 15 is 0 Å². The van der Waals surface area contributed by atoms with Crippen LogP contribution in [0.1, 0.15) is 13.3 Å². The van der Waals surface area contributed by atoms with Crippen molar-refractivity contribution >= 4 is 5.91 Å². The number of hydrogen-bond acceptors (Lipinski definition) is 4. The summed E-state index contributed by atoms with van der Waals surface area (Å²) in [6.45, 7) is 1.75. The van der Waals surface area contributed by atoms with Crippen LogP contribution < -0.4 is 0 Å². The van der Waals surface area contributed by atoms with Gasteiger partial charge in [0.2, 0.25) is 5.91 Å². The van der Waals surface area contributed by atoms with E-state index in [0.29, 0.717) is 13.0 Å². The largest absolute Gasteiger partial charge is 0.396 e. The average Bonchev–Trinajstić information content (AvgIpc) is 2.45. The van der Waals surface area contributed by atoms with Crippen LogP contribution in [0.15, 0.2) is 0 Å².